The summed E-state index contributed by atoms with van der Waals surface area (Å²) in [7, 11) is 0. The number of allylic oxidation sites excluding steroid dienone is 2. The van der Waals surface area contributed by atoms with Crippen LogP contribution in [-0.4, -0.2) is 5.78 Å². The summed E-state index contributed by atoms with van der Waals surface area (Å²) in [6.07, 6.45) is 16.4. The lowest BCUT2D eigenvalue weighted by Gasteiger charge is -2.57. The summed E-state index contributed by atoms with van der Waals surface area (Å²) in [5.41, 5.74) is 0.590. The van der Waals surface area contributed by atoms with Crippen LogP contribution in [0.15, 0.2) is 12.2 Å². The van der Waals surface area contributed by atoms with Gasteiger partial charge in [0.2, 0.25) is 0 Å². The number of rotatable bonds is 1. The number of hydrogen-bond acceptors (Lipinski definition) is 1. The molecule has 0 spiro atoms. The lowest BCUT2D eigenvalue weighted by atomic mass is 9.47. The zero-order chi connectivity index (χ0) is 14.7. The molecule has 0 aromatic heterocycles. The fourth-order valence-corrected chi connectivity index (χ4v) is 6.89. The molecule has 4 aliphatic rings. The molecular formula is C20H30O. The molecule has 4 rings (SSSR count). The van der Waals surface area contributed by atoms with Gasteiger partial charge in [0.1, 0.15) is 5.78 Å². The maximum atomic E-state index is 12.6. The van der Waals surface area contributed by atoms with Gasteiger partial charge in [0.05, 0.1) is 0 Å². The predicted octanol–water partition coefficient (Wildman–Crippen LogP) is 5.15. The quantitative estimate of drug-likeness (QED) is 0.609. The van der Waals surface area contributed by atoms with Crippen LogP contribution in [-0.2, 0) is 4.79 Å². The monoisotopic (exact) mass is 286 g/mol. The molecule has 0 aliphatic heterocycles. The predicted molar refractivity (Wildman–Crippen MR) is 85.9 cm³/mol. The number of carbonyl (C=O) groups is 1. The van der Waals surface area contributed by atoms with Gasteiger partial charge in [0.25, 0.3) is 0 Å². The summed E-state index contributed by atoms with van der Waals surface area (Å²) in [4.78, 5) is 12.6. The van der Waals surface area contributed by atoms with E-state index in [0.29, 0.717) is 23.0 Å². The third kappa shape index (κ3) is 1.72. The molecular weight excluding hydrogens is 256 g/mol. The normalized spacial score (nSPS) is 52.2. The van der Waals surface area contributed by atoms with Gasteiger partial charge in [-0.1, -0.05) is 38.8 Å². The molecule has 3 fully saturated rings. The van der Waals surface area contributed by atoms with Crippen molar-refractivity contribution in [1.29, 1.82) is 0 Å². The molecule has 21 heavy (non-hydrogen) atoms. The Kier molecular flexibility index (Phi) is 3.14. The highest BCUT2D eigenvalue weighted by Gasteiger charge is 2.59. The Labute approximate surface area is 129 Å². The largest absolute Gasteiger partial charge is 0.299 e. The molecule has 0 amide bonds. The number of hydrogen-bond donors (Lipinski definition) is 0. The molecule has 0 saturated heterocycles. The van der Waals surface area contributed by atoms with E-state index in [1.165, 1.54) is 44.9 Å². The molecule has 0 N–H and O–H groups in total. The Morgan fingerprint density at radius 3 is 2.76 bits per heavy atom. The molecule has 1 heteroatoms. The fraction of sp³-hybridized carbons (Fsp3) is 0.850. The number of fused-ring (bicyclic) bond motifs is 5. The standard InChI is InChI=1S/C20H30O/c1-3-20-13-11-16-15(17(20)9-10-18(20)21)8-7-14-6-4-5-12-19(14,16)2/h7-8,14-17H,3-6,9-13H2,1-2H3/t14-,15+,16-,17-,19-,20-/m0/s1. The summed E-state index contributed by atoms with van der Waals surface area (Å²) >= 11 is 0. The molecule has 4 aliphatic carbocycles. The maximum Gasteiger partial charge on any atom is 0.139 e. The minimum atomic E-state index is 0.0589. The highest BCUT2D eigenvalue weighted by Crippen LogP contribution is 2.64. The molecule has 0 bridgehead atoms. The van der Waals surface area contributed by atoms with Crippen molar-refractivity contribution in [3.63, 3.8) is 0 Å². The van der Waals surface area contributed by atoms with Crippen molar-refractivity contribution in [1.82, 2.24) is 0 Å². The van der Waals surface area contributed by atoms with E-state index in [1.807, 2.05) is 0 Å². The molecule has 116 valence electrons. The van der Waals surface area contributed by atoms with Crippen LogP contribution < -0.4 is 0 Å². The Morgan fingerprint density at radius 2 is 1.95 bits per heavy atom. The van der Waals surface area contributed by atoms with Gasteiger partial charge in [-0.25, -0.2) is 0 Å². The third-order valence-electron chi connectivity index (χ3n) is 8.15. The van der Waals surface area contributed by atoms with Crippen molar-refractivity contribution >= 4 is 5.78 Å². The SMILES string of the molecule is CC[C@]12CC[C@H]3[C@@H](C=C[C@@H]4CCCC[C@@]43C)[C@@H]1CCC2=O. The average molecular weight is 286 g/mol. The van der Waals surface area contributed by atoms with Gasteiger partial charge in [0.15, 0.2) is 0 Å². The Balaban J connectivity index is 1.72. The van der Waals surface area contributed by atoms with Gasteiger partial charge in [-0.15, -0.1) is 0 Å². The first-order valence-electron chi connectivity index (χ1n) is 9.33. The molecule has 0 aromatic carbocycles. The van der Waals surface area contributed by atoms with Gasteiger partial charge in [-0.2, -0.15) is 0 Å². The zero-order valence-corrected chi connectivity index (χ0v) is 13.7. The summed E-state index contributed by atoms with van der Waals surface area (Å²) < 4.78 is 0. The first-order valence-corrected chi connectivity index (χ1v) is 9.33. The fourth-order valence-electron chi connectivity index (χ4n) is 6.89. The summed E-state index contributed by atoms with van der Waals surface area (Å²) in [6, 6.07) is 0. The molecule has 0 heterocycles. The van der Waals surface area contributed by atoms with Crippen LogP contribution in [0.4, 0.5) is 0 Å². The van der Waals surface area contributed by atoms with Crippen LogP contribution in [0.3, 0.4) is 0 Å². The lowest BCUT2D eigenvalue weighted by Crippen LogP contribution is -2.51. The number of carbonyl (C=O) groups excluding carboxylic acids is 1. The molecule has 0 radical (unpaired) electrons. The van der Waals surface area contributed by atoms with Crippen LogP contribution in [0.5, 0.6) is 0 Å². The van der Waals surface area contributed by atoms with E-state index in [9.17, 15) is 4.79 Å². The second-order valence-corrected chi connectivity index (χ2v) is 8.54. The van der Waals surface area contributed by atoms with Crippen molar-refractivity contribution < 1.29 is 4.79 Å². The second-order valence-electron chi connectivity index (χ2n) is 8.54. The van der Waals surface area contributed by atoms with Gasteiger partial charge in [0, 0.05) is 11.8 Å². The highest BCUT2D eigenvalue weighted by atomic mass is 16.1. The maximum absolute atomic E-state index is 12.6. The second kappa shape index (κ2) is 4.70. The van der Waals surface area contributed by atoms with E-state index in [2.05, 4.69) is 26.0 Å². The minimum Gasteiger partial charge on any atom is -0.299 e. The van der Waals surface area contributed by atoms with E-state index < -0.39 is 0 Å². The number of ketones is 1. The van der Waals surface area contributed by atoms with Crippen LogP contribution in [0, 0.1) is 34.5 Å². The van der Waals surface area contributed by atoms with Crippen LogP contribution in [0.2, 0.25) is 0 Å². The van der Waals surface area contributed by atoms with Gasteiger partial charge < -0.3 is 0 Å². The zero-order valence-electron chi connectivity index (χ0n) is 13.7. The average Bonchev–Trinajstić information content (AvgIpc) is 2.84. The van der Waals surface area contributed by atoms with E-state index in [0.717, 1.165) is 24.7 Å². The van der Waals surface area contributed by atoms with Crippen LogP contribution >= 0.6 is 0 Å². The van der Waals surface area contributed by atoms with Gasteiger partial charge in [-0.3, -0.25) is 4.79 Å². The smallest absolute Gasteiger partial charge is 0.139 e. The van der Waals surface area contributed by atoms with Gasteiger partial charge >= 0.3 is 0 Å². The number of Topliss-reactive ketones (excluding diaryl/α,β-unsaturated/α-hetero) is 1. The summed E-state index contributed by atoms with van der Waals surface area (Å²) in [5.74, 6) is 3.62. The molecule has 3 saturated carbocycles. The van der Waals surface area contributed by atoms with E-state index >= 15 is 0 Å². The van der Waals surface area contributed by atoms with Crippen LogP contribution in [0.1, 0.15) is 71.6 Å². The summed E-state index contributed by atoms with van der Waals surface area (Å²) in [6.45, 7) is 4.84. The lowest BCUT2D eigenvalue weighted by molar-refractivity contribution is -0.134. The Bertz CT molecular complexity index is 478. The Hall–Kier alpha value is -0.590. The van der Waals surface area contributed by atoms with Crippen molar-refractivity contribution in [3.8, 4) is 0 Å². The minimum absolute atomic E-state index is 0.0589. The first-order chi connectivity index (χ1) is 10.1. The van der Waals surface area contributed by atoms with E-state index in [4.69, 9.17) is 0 Å². The molecule has 6 atom stereocenters. The van der Waals surface area contributed by atoms with Crippen LogP contribution in [0.25, 0.3) is 0 Å². The van der Waals surface area contributed by atoms with E-state index in [1.54, 1.807) is 0 Å². The van der Waals surface area contributed by atoms with Crippen molar-refractivity contribution in [2.75, 3.05) is 0 Å². The Morgan fingerprint density at radius 1 is 1.10 bits per heavy atom. The van der Waals surface area contributed by atoms with E-state index in [-0.39, 0.29) is 5.41 Å². The van der Waals surface area contributed by atoms with Gasteiger partial charge in [-0.05, 0) is 67.6 Å². The molecule has 1 nitrogen and oxygen atoms in total. The molecule has 0 aromatic rings. The topological polar surface area (TPSA) is 17.1 Å². The third-order valence-corrected chi connectivity index (χ3v) is 8.15. The summed E-state index contributed by atoms with van der Waals surface area (Å²) in [5, 5.41) is 0. The highest BCUT2D eigenvalue weighted by molar-refractivity contribution is 5.87. The van der Waals surface area contributed by atoms with Crippen molar-refractivity contribution in [2.24, 2.45) is 34.5 Å². The molecule has 0 unspecified atom stereocenters. The van der Waals surface area contributed by atoms with Crippen molar-refractivity contribution in [2.45, 2.75) is 71.6 Å². The van der Waals surface area contributed by atoms with Crippen molar-refractivity contribution in [3.05, 3.63) is 12.2 Å². The first kappa shape index (κ1) is 14.0.